The predicted octanol–water partition coefficient (Wildman–Crippen LogP) is 13.2. The zero-order chi connectivity index (χ0) is 32.1. The van der Waals surface area contributed by atoms with E-state index in [1.165, 1.54) is 32.7 Å². The monoisotopic (exact) mass is 826 g/mol. The van der Waals surface area contributed by atoms with Crippen molar-refractivity contribution >= 4 is 65.2 Å². The Kier molecular flexibility index (Phi) is 11.9. The topological polar surface area (TPSA) is 0 Å². The van der Waals surface area contributed by atoms with Crippen molar-refractivity contribution in [3.05, 3.63) is 154 Å². The Hall–Kier alpha value is -2.00. The molecule has 0 saturated carbocycles. The fourth-order valence-electron chi connectivity index (χ4n) is 4.92. The van der Waals surface area contributed by atoms with Crippen LogP contribution in [0.3, 0.4) is 0 Å². The second-order valence-electron chi connectivity index (χ2n) is 12.9. The van der Waals surface area contributed by atoms with Crippen molar-refractivity contribution in [1.82, 2.24) is 0 Å². The fourth-order valence-corrected chi connectivity index (χ4v) is 11.6. The molecule has 0 saturated heterocycles. The van der Waals surface area contributed by atoms with E-state index in [9.17, 15) is 0 Å². The Balaban J connectivity index is 0.000000175. The first kappa shape index (κ1) is 34.9. The largest absolute Gasteiger partial charge is 0.214 e. The van der Waals surface area contributed by atoms with Crippen LogP contribution in [0.4, 0.5) is 0 Å². The molecule has 6 aromatic rings. The van der Waals surface area contributed by atoms with Gasteiger partial charge in [0.05, 0.1) is 0 Å². The molecule has 6 aromatic carbocycles. The molecule has 0 heterocycles. The Morgan fingerprint density at radius 2 is 1.00 bits per heavy atom. The molecule has 0 atom stereocenters. The summed E-state index contributed by atoms with van der Waals surface area (Å²) in [4.78, 5) is 0. The molecule has 0 unspecified atom stereocenters. The number of fused-ring (bicyclic) bond motifs is 3. The molecular formula is C39H38Cl4Hf-2. The molecule has 0 amide bonds. The van der Waals surface area contributed by atoms with Crippen LogP contribution < -0.4 is 0 Å². The Morgan fingerprint density at radius 1 is 0.568 bits per heavy atom. The normalized spacial score (nSPS) is 11.4. The first-order valence-corrected chi connectivity index (χ1v) is 26.1. The average molecular weight is 827 g/mol. The molecule has 5 heteroatoms. The predicted molar refractivity (Wildman–Crippen MR) is 194 cm³/mol. The van der Waals surface area contributed by atoms with Crippen molar-refractivity contribution in [2.75, 3.05) is 0 Å². The van der Waals surface area contributed by atoms with Gasteiger partial charge in [0.1, 0.15) is 0 Å². The van der Waals surface area contributed by atoms with E-state index in [1.54, 1.807) is 0 Å². The van der Waals surface area contributed by atoms with E-state index in [0.29, 0.717) is 10.0 Å². The van der Waals surface area contributed by atoms with Gasteiger partial charge in [0, 0.05) is 0 Å². The van der Waals surface area contributed by atoms with Crippen LogP contribution in [0.25, 0.3) is 21.5 Å². The molecule has 0 aromatic heterocycles. The second-order valence-corrected chi connectivity index (χ2v) is 25.2. The summed E-state index contributed by atoms with van der Waals surface area (Å²) in [6.07, 6.45) is 0. The van der Waals surface area contributed by atoms with Crippen molar-refractivity contribution < 1.29 is 18.6 Å². The summed E-state index contributed by atoms with van der Waals surface area (Å²) in [5, 5.41) is 6.83. The fraction of sp³-hybridized carbons (Fsp3) is 0.205. The van der Waals surface area contributed by atoms with Crippen molar-refractivity contribution in [3.63, 3.8) is 0 Å². The van der Waals surface area contributed by atoms with Crippen molar-refractivity contribution in [2.24, 2.45) is 0 Å². The van der Waals surface area contributed by atoms with Gasteiger partial charge in [0.15, 0.2) is 0 Å². The SMILES string of the molecule is CC(C)(C)c1ccc2[cH-]c3ccc(C(C)(C)C)cc3c2c1.Clc1cccc([C](c2cccc(Cl)c2)=[Hf]([Cl])[Cl])c1.c1cc[cH-]c1. The maximum Gasteiger partial charge on any atom is -0.172 e. The van der Waals surface area contributed by atoms with Gasteiger partial charge in [-0.1, -0.05) is 76.9 Å². The molecule has 0 aliphatic heterocycles. The van der Waals surface area contributed by atoms with E-state index in [0.717, 1.165) is 14.4 Å². The van der Waals surface area contributed by atoms with Crippen LogP contribution >= 0.6 is 40.4 Å². The molecule has 0 N–H and O–H groups in total. The van der Waals surface area contributed by atoms with E-state index in [1.807, 2.05) is 78.9 Å². The van der Waals surface area contributed by atoms with Gasteiger partial charge in [0.25, 0.3) is 0 Å². The number of hydrogen-bond acceptors (Lipinski definition) is 0. The van der Waals surface area contributed by atoms with E-state index in [-0.39, 0.29) is 10.8 Å². The van der Waals surface area contributed by atoms with E-state index < -0.39 is 18.6 Å². The molecule has 0 aliphatic carbocycles. The smallest absolute Gasteiger partial charge is 0.172 e. The van der Waals surface area contributed by atoms with Crippen LogP contribution in [-0.4, -0.2) is 3.26 Å². The average Bonchev–Trinajstić information content (AvgIpc) is 3.64. The van der Waals surface area contributed by atoms with Gasteiger partial charge < -0.3 is 0 Å². The Morgan fingerprint density at radius 3 is 1.32 bits per heavy atom. The van der Waals surface area contributed by atoms with Crippen molar-refractivity contribution in [1.29, 1.82) is 0 Å². The van der Waals surface area contributed by atoms with Crippen LogP contribution in [0, 0.1) is 0 Å². The standard InChI is InChI=1S/C21H25.C13H8Cl2.C5H5.2ClH.Hf/c1-20(2,3)16-9-7-14-11-15-8-10-17(21(4,5)6)13-19(15)18(14)12-16;14-12-5-1-3-10(8-12)7-11-4-2-6-13(15)9-11;1-2-4-5-3-1;;;/h7-13H,1-6H3;1-6,8-9H;1-5H;2*1H;/q-1;;-1;;;+2/p-2. The third-order valence-corrected chi connectivity index (χ3v) is 14.4. The van der Waals surface area contributed by atoms with Crippen molar-refractivity contribution in [2.45, 2.75) is 52.4 Å². The summed E-state index contributed by atoms with van der Waals surface area (Å²) >= 11 is 9.25. The van der Waals surface area contributed by atoms with Gasteiger partial charge in [0.2, 0.25) is 0 Å². The van der Waals surface area contributed by atoms with Crippen LogP contribution in [0.15, 0.2) is 121 Å². The Labute approximate surface area is 287 Å². The first-order valence-electron chi connectivity index (χ1n) is 14.6. The summed E-state index contributed by atoms with van der Waals surface area (Å²) in [5.74, 6) is 0. The van der Waals surface area contributed by atoms with Gasteiger partial charge in [-0.15, -0.1) is 39.7 Å². The van der Waals surface area contributed by atoms with Crippen LogP contribution in [0.5, 0.6) is 0 Å². The molecule has 6 rings (SSSR count). The molecule has 0 fully saturated rings. The number of rotatable bonds is 2. The maximum atomic E-state index is 6.27. The Bertz CT molecular complexity index is 1730. The molecule has 0 nitrogen and oxygen atoms in total. The molecule has 0 spiro atoms. The number of halogens is 4. The van der Waals surface area contributed by atoms with Crippen LogP contribution in [0.2, 0.25) is 10.0 Å². The van der Waals surface area contributed by atoms with E-state index in [2.05, 4.69) is 84.0 Å². The third kappa shape index (κ3) is 9.27. The third-order valence-electron chi connectivity index (χ3n) is 7.41. The van der Waals surface area contributed by atoms with Gasteiger partial charge in [-0.2, -0.15) is 18.2 Å². The van der Waals surface area contributed by atoms with E-state index >= 15 is 0 Å². The molecule has 0 radical (unpaired) electrons. The first-order chi connectivity index (χ1) is 20.7. The van der Waals surface area contributed by atoms with Gasteiger partial charge in [-0.25, -0.2) is 12.1 Å². The quantitative estimate of drug-likeness (QED) is 0.121. The molecule has 44 heavy (non-hydrogen) atoms. The molecule has 0 aliphatic rings. The minimum atomic E-state index is -2.77. The zero-order valence-corrected chi connectivity index (χ0v) is 32.7. The summed E-state index contributed by atoms with van der Waals surface area (Å²) in [6, 6.07) is 41.3. The minimum Gasteiger partial charge on any atom is -0.214 e. The van der Waals surface area contributed by atoms with Gasteiger partial charge in [-0.3, -0.25) is 0 Å². The summed E-state index contributed by atoms with van der Waals surface area (Å²) in [7, 11) is 12.5. The van der Waals surface area contributed by atoms with Gasteiger partial charge >= 0.3 is 132 Å². The molecule has 0 bridgehead atoms. The maximum absolute atomic E-state index is 6.27. The zero-order valence-electron chi connectivity index (χ0n) is 26.1. The number of hydrogen-bond donors (Lipinski definition) is 0. The summed E-state index contributed by atoms with van der Waals surface area (Å²) < 4.78 is 1.01. The van der Waals surface area contributed by atoms with Crippen molar-refractivity contribution in [3.8, 4) is 0 Å². The molecule has 228 valence electrons. The number of benzene rings is 4. The summed E-state index contributed by atoms with van der Waals surface area (Å²) in [5.41, 5.74) is 5.17. The summed E-state index contributed by atoms with van der Waals surface area (Å²) in [6.45, 7) is 13.7. The van der Waals surface area contributed by atoms with Crippen LogP contribution in [0.1, 0.15) is 63.8 Å². The minimum absolute atomic E-state index is 0.194. The molecular weight excluding hydrogens is 789 g/mol. The second kappa shape index (κ2) is 15.1. The van der Waals surface area contributed by atoms with Gasteiger partial charge in [-0.05, 0) is 10.8 Å². The van der Waals surface area contributed by atoms with Crippen LogP contribution in [-0.2, 0) is 29.4 Å². The van der Waals surface area contributed by atoms with E-state index in [4.69, 9.17) is 40.4 Å².